The number of benzene rings is 1. The zero-order valence-electron chi connectivity index (χ0n) is 22.0. The van der Waals surface area contributed by atoms with Gasteiger partial charge in [-0.25, -0.2) is 15.0 Å². The first-order valence-electron chi connectivity index (χ1n) is 12.7. The third kappa shape index (κ3) is 6.06. The molecule has 18 heteroatoms. The highest BCUT2D eigenvalue weighted by molar-refractivity contribution is 7.17. The van der Waals surface area contributed by atoms with Gasteiger partial charge < -0.3 is 10.6 Å². The molecule has 1 aromatic carbocycles. The number of amides is 4. The molecule has 44 heavy (non-hydrogen) atoms. The van der Waals surface area contributed by atoms with Crippen LogP contribution in [0.1, 0.15) is 43.7 Å². The van der Waals surface area contributed by atoms with Crippen molar-refractivity contribution >= 4 is 46.6 Å². The molecule has 4 amide bonds. The maximum atomic E-state index is 14.1. The van der Waals surface area contributed by atoms with Crippen molar-refractivity contribution in [3.63, 3.8) is 0 Å². The Morgan fingerprint density at radius 2 is 1.75 bits per heavy atom. The van der Waals surface area contributed by atoms with Crippen LogP contribution in [0.15, 0.2) is 42.6 Å². The molecule has 232 valence electrons. The van der Waals surface area contributed by atoms with E-state index in [1.165, 1.54) is 29.3 Å². The fraction of sp³-hybridized carbons (Fsp3) is 0.308. The van der Waals surface area contributed by atoms with Crippen molar-refractivity contribution in [3.05, 3.63) is 69.4 Å². The van der Waals surface area contributed by atoms with Gasteiger partial charge in [-0.05, 0) is 30.2 Å². The topological polar surface area (TPSA) is 125 Å². The molecule has 2 aliphatic rings. The van der Waals surface area contributed by atoms with E-state index in [4.69, 9.17) is 11.6 Å². The van der Waals surface area contributed by atoms with Crippen molar-refractivity contribution in [1.82, 2.24) is 30.6 Å². The molecule has 0 bridgehead atoms. The summed E-state index contributed by atoms with van der Waals surface area (Å²) in [7, 11) is 0. The normalized spacial score (nSPS) is 17.6. The van der Waals surface area contributed by atoms with Gasteiger partial charge in [0.15, 0.2) is 11.1 Å². The van der Waals surface area contributed by atoms with E-state index in [1.54, 1.807) is 0 Å². The molecule has 0 aliphatic carbocycles. The SMILES string of the molecule is O=C(NC[C@H](C(=O)N[C@@H]1C(=O)N2CCCN2C(=O)c2ccccc21)C(F)(F)F)c1sc(-c2ccc(C(F)(F)F)nc2)nc1Cl. The van der Waals surface area contributed by atoms with Crippen LogP contribution in [0.5, 0.6) is 0 Å². The first-order valence-corrected chi connectivity index (χ1v) is 13.9. The number of alkyl halides is 6. The zero-order valence-corrected chi connectivity index (χ0v) is 23.6. The van der Waals surface area contributed by atoms with Crippen LogP contribution >= 0.6 is 22.9 Å². The van der Waals surface area contributed by atoms with Crippen LogP contribution in [-0.4, -0.2) is 69.4 Å². The molecule has 1 fully saturated rings. The predicted octanol–water partition coefficient (Wildman–Crippen LogP) is 4.25. The molecule has 0 radical (unpaired) electrons. The Kier molecular flexibility index (Phi) is 8.28. The van der Waals surface area contributed by atoms with Gasteiger partial charge in [-0.1, -0.05) is 29.8 Å². The number of halogens is 7. The molecule has 2 aliphatic heterocycles. The summed E-state index contributed by atoms with van der Waals surface area (Å²) in [6, 6.07) is 5.87. The third-order valence-electron chi connectivity index (χ3n) is 6.83. The summed E-state index contributed by atoms with van der Waals surface area (Å²) in [6.45, 7) is -0.908. The van der Waals surface area contributed by atoms with Gasteiger partial charge in [-0.15, -0.1) is 11.3 Å². The molecular weight excluding hydrogens is 642 g/mol. The number of aromatic nitrogens is 2. The van der Waals surface area contributed by atoms with Crippen LogP contribution in [0, 0.1) is 5.92 Å². The summed E-state index contributed by atoms with van der Waals surface area (Å²) in [5.74, 6) is -6.89. The summed E-state index contributed by atoms with van der Waals surface area (Å²) >= 11 is 6.58. The summed E-state index contributed by atoms with van der Waals surface area (Å²) in [5.41, 5.74) is -1.03. The molecule has 0 saturated carbocycles. The highest BCUT2D eigenvalue weighted by atomic mass is 35.5. The Morgan fingerprint density at radius 3 is 2.41 bits per heavy atom. The standard InChI is InChI=1S/C26H19ClF6N6O4S/c27-19-18(44-22(37-19)12-6-7-16(34-10-12)26(31,32)33)21(41)35-11-15(25(28,29)30)20(40)36-17-13-4-1-2-5-14(13)23(42)38-8-3-9-39(38)24(17)43/h1-2,4-7,10,15,17H,3,8-9,11H2,(H,35,41)(H,36,40)/t15-,17+/m1/s1. The number of fused-ring (bicyclic) bond motifs is 2. The van der Waals surface area contributed by atoms with Crippen molar-refractivity contribution in [3.8, 4) is 10.6 Å². The summed E-state index contributed by atoms with van der Waals surface area (Å²) in [4.78, 5) is 58.9. The minimum Gasteiger partial charge on any atom is -0.350 e. The second kappa shape index (κ2) is 11.7. The van der Waals surface area contributed by atoms with Gasteiger partial charge in [0.1, 0.15) is 21.6 Å². The van der Waals surface area contributed by atoms with Gasteiger partial charge in [0, 0.05) is 37.0 Å². The number of hydrogen-bond donors (Lipinski definition) is 2. The Labute approximate surface area is 253 Å². The number of carbonyl (C=O) groups is 4. The highest BCUT2D eigenvalue weighted by Gasteiger charge is 2.48. The van der Waals surface area contributed by atoms with Crippen LogP contribution in [0.2, 0.25) is 5.15 Å². The van der Waals surface area contributed by atoms with E-state index in [9.17, 15) is 45.5 Å². The zero-order chi connectivity index (χ0) is 32.0. The number of nitrogens with zero attached hydrogens (tertiary/aromatic N) is 4. The van der Waals surface area contributed by atoms with Gasteiger partial charge in [-0.2, -0.15) is 26.3 Å². The van der Waals surface area contributed by atoms with Gasteiger partial charge in [0.25, 0.3) is 17.7 Å². The molecule has 5 rings (SSSR count). The summed E-state index contributed by atoms with van der Waals surface area (Å²) in [6.07, 6.45) is -8.57. The lowest BCUT2D eigenvalue weighted by Gasteiger charge is -2.28. The van der Waals surface area contributed by atoms with Gasteiger partial charge in [-0.3, -0.25) is 24.2 Å². The number of pyridine rings is 1. The fourth-order valence-electron chi connectivity index (χ4n) is 4.68. The maximum absolute atomic E-state index is 14.1. The maximum Gasteiger partial charge on any atom is 0.433 e. The van der Waals surface area contributed by atoms with E-state index in [0.717, 1.165) is 17.3 Å². The highest BCUT2D eigenvalue weighted by Crippen LogP contribution is 2.34. The molecule has 2 aromatic heterocycles. The van der Waals surface area contributed by atoms with Gasteiger partial charge in [0.05, 0.1) is 0 Å². The molecule has 1 saturated heterocycles. The largest absolute Gasteiger partial charge is 0.433 e. The number of thiazole rings is 1. The second-order valence-electron chi connectivity index (χ2n) is 9.65. The molecule has 0 unspecified atom stereocenters. The number of hydrazine groups is 1. The number of nitrogens with one attached hydrogen (secondary N) is 2. The van der Waals surface area contributed by atoms with Crippen LogP contribution in [-0.2, 0) is 15.8 Å². The fourth-order valence-corrected chi connectivity index (χ4v) is 5.88. The molecule has 3 aromatic rings. The van der Waals surface area contributed by atoms with E-state index >= 15 is 0 Å². The van der Waals surface area contributed by atoms with E-state index in [0.29, 0.717) is 23.8 Å². The average Bonchev–Trinajstić information content (AvgIpc) is 3.60. The average molecular weight is 661 g/mol. The number of rotatable bonds is 6. The molecule has 10 nitrogen and oxygen atoms in total. The Hall–Kier alpha value is -4.25. The number of carbonyl (C=O) groups excluding carboxylic acids is 4. The predicted molar refractivity (Wildman–Crippen MR) is 142 cm³/mol. The second-order valence-corrected chi connectivity index (χ2v) is 11.0. The minimum atomic E-state index is -5.17. The van der Waals surface area contributed by atoms with Gasteiger partial charge in [0.2, 0.25) is 5.91 Å². The van der Waals surface area contributed by atoms with Crippen LogP contribution in [0.4, 0.5) is 26.3 Å². The summed E-state index contributed by atoms with van der Waals surface area (Å²) < 4.78 is 80.6. The smallest absolute Gasteiger partial charge is 0.350 e. The van der Waals surface area contributed by atoms with E-state index < -0.39 is 65.3 Å². The van der Waals surface area contributed by atoms with Crippen molar-refractivity contribution in [1.29, 1.82) is 0 Å². The number of hydrogen-bond acceptors (Lipinski definition) is 7. The van der Waals surface area contributed by atoms with E-state index in [1.807, 2.05) is 5.32 Å². The van der Waals surface area contributed by atoms with Crippen molar-refractivity contribution < 1.29 is 45.5 Å². The first kappa shape index (κ1) is 31.2. The lowest BCUT2D eigenvalue weighted by Crippen LogP contribution is -2.51. The summed E-state index contributed by atoms with van der Waals surface area (Å²) in [5, 5.41) is 5.92. The molecular formula is C26H19ClF6N6O4S. The lowest BCUT2D eigenvalue weighted by molar-refractivity contribution is -0.182. The van der Waals surface area contributed by atoms with Crippen molar-refractivity contribution in [2.24, 2.45) is 5.92 Å². The minimum absolute atomic E-state index is 0.0249. The van der Waals surface area contributed by atoms with E-state index in [-0.39, 0.29) is 39.7 Å². The molecule has 2 N–H and O–H groups in total. The Balaban J connectivity index is 1.33. The van der Waals surface area contributed by atoms with E-state index in [2.05, 4.69) is 15.3 Å². The monoisotopic (exact) mass is 660 g/mol. The molecule has 0 spiro atoms. The molecule has 4 heterocycles. The van der Waals surface area contributed by atoms with Crippen molar-refractivity contribution in [2.75, 3.05) is 19.6 Å². The third-order valence-corrected chi connectivity index (χ3v) is 8.32. The first-order chi connectivity index (χ1) is 20.7. The van der Waals surface area contributed by atoms with Crippen molar-refractivity contribution in [2.45, 2.75) is 24.8 Å². The Morgan fingerprint density at radius 1 is 1.05 bits per heavy atom. The molecule has 2 atom stereocenters. The quantitative estimate of drug-likeness (QED) is 0.381. The van der Waals surface area contributed by atoms with Gasteiger partial charge >= 0.3 is 12.4 Å². The Bertz CT molecular complexity index is 1630. The van der Waals surface area contributed by atoms with Crippen LogP contribution in [0.25, 0.3) is 10.6 Å². The lowest BCUT2D eigenvalue weighted by atomic mass is 9.98. The van der Waals surface area contributed by atoms with Crippen LogP contribution < -0.4 is 10.6 Å². The van der Waals surface area contributed by atoms with Crippen LogP contribution in [0.3, 0.4) is 0 Å².